The third-order valence-corrected chi connectivity index (χ3v) is 7.57. The number of hydrogen-bond acceptors (Lipinski definition) is 5. The first kappa shape index (κ1) is 18.9. The van der Waals surface area contributed by atoms with Gasteiger partial charge in [-0.3, -0.25) is 14.5 Å². The SMILES string of the molecule is CN(CC(=O)N1CCN(C2CC3CCC(C2)N3C)CC1)C(=O)c1cccs1. The summed E-state index contributed by atoms with van der Waals surface area (Å²) >= 11 is 1.42. The maximum atomic E-state index is 12.6. The van der Waals surface area contributed by atoms with Gasteiger partial charge in [-0.15, -0.1) is 11.3 Å². The Balaban J connectivity index is 1.25. The Morgan fingerprint density at radius 1 is 1.11 bits per heavy atom. The zero-order valence-electron chi connectivity index (χ0n) is 16.3. The van der Waals surface area contributed by atoms with Crippen LogP contribution in [0.5, 0.6) is 0 Å². The van der Waals surface area contributed by atoms with Gasteiger partial charge in [0.2, 0.25) is 5.91 Å². The highest BCUT2D eigenvalue weighted by atomic mass is 32.1. The summed E-state index contributed by atoms with van der Waals surface area (Å²) in [4.78, 5) is 34.3. The lowest BCUT2D eigenvalue weighted by atomic mass is 9.96. The van der Waals surface area contributed by atoms with Crippen LogP contribution in [-0.2, 0) is 4.79 Å². The molecule has 6 nitrogen and oxygen atoms in total. The second-order valence-corrected chi connectivity index (χ2v) is 9.18. The Bertz CT molecular complexity index is 658. The van der Waals surface area contributed by atoms with Crippen LogP contribution < -0.4 is 0 Å². The van der Waals surface area contributed by atoms with Gasteiger partial charge in [-0.25, -0.2) is 0 Å². The van der Waals surface area contributed by atoms with E-state index in [9.17, 15) is 9.59 Å². The number of hydrogen-bond donors (Lipinski definition) is 0. The highest BCUT2D eigenvalue weighted by Gasteiger charge is 2.41. The van der Waals surface area contributed by atoms with Crippen molar-refractivity contribution in [3.8, 4) is 0 Å². The van der Waals surface area contributed by atoms with Crippen LogP contribution in [0, 0.1) is 0 Å². The predicted octanol–water partition coefficient (Wildman–Crippen LogP) is 1.59. The fourth-order valence-electron chi connectivity index (χ4n) is 4.98. The molecule has 7 heteroatoms. The fourth-order valence-corrected chi connectivity index (χ4v) is 5.70. The van der Waals surface area contributed by atoms with Crippen LogP contribution >= 0.6 is 11.3 Å². The van der Waals surface area contributed by atoms with E-state index in [0.717, 1.165) is 38.3 Å². The lowest BCUT2D eigenvalue weighted by Crippen LogP contribution is -2.56. The number of carbonyl (C=O) groups is 2. The molecule has 3 aliphatic heterocycles. The maximum absolute atomic E-state index is 12.6. The molecular weight excluding hydrogens is 360 g/mol. The quantitative estimate of drug-likeness (QED) is 0.783. The van der Waals surface area contributed by atoms with Crippen LogP contribution in [0.25, 0.3) is 0 Å². The van der Waals surface area contributed by atoms with Crippen molar-refractivity contribution in [1.82, 2.24) is 19.6 Å². The molecule has 2 atom stereocenters. The van der Waals surface area contributed by atoms with E-state index in [0.29, 0.717) is 10.9 Å². The highest BCUT2D eigenvalue weighted by Crippen LogP contribution is 2.36. The number of thiophene rings is 1. The number of amides is 2. The van der Waals surface area contributed by atoms with E-state index in [4.69, 9.17) is 0 Å². The first-order valence-electron chi connectivity index (χ1n) is 10.1. The topological polar surface area (TPSA) is 47.1 Å². The second-order valence-electron chi connectivity index (χ2n) is 8.23. The molecule has 148 valence electrons. The van der Waals surface area contributed by atoms with Crippen LogP contribution in [0.2, 0.25) is 0 Å². The molecule has 3 aliphatic rings. The van der Waals surface area contributed by atoms with Crippen LogP contribution in [0.3, 0.4) is 0 Å². The third-order valence-electron chi connectivity index (χ3n) is 6.71. The van der Waals surface area contributed by atoms with Gasteiger partial charge < -0.3 is 14.7 Å². The molecule has 2 unspecified atom stereocenters. The van der Waals surface area contributed by atoms with Crippen molar-refractivity contribution in [3.05, 3.63) is 22.4 Å². The molecule has 3 fully saturated rings. The zero-order valence-corrected chi connectivity index (χ0v) is 17.2. The van der Waals surface area contributed by atoms with Gasteiger partial charge in [0.1, 0.15) is 0 Å². The molecule has 3 saturated heterocycles. The zero-order chi connectivity index (χ0) is 19.0. The van der Waals surface area contributed by atoms with Crippen molar-refractivity contribution < 1.29 is 9.59 Å². The number of piperazine rings is 1. The van der Waals surface area contributed by atoms with Crippen molar-refractivity contribution in [2.45, 2.75) is 43.8 Å². The molecule has 0 N–H and O–H groups in total. The average molecular weight is 391 g/mol. The van der Waals surface area contributed by atoms with Crippen molar-refractivity contribution in [2.75, 3.05) is 46.8 Å². The van der Waals surface area contributed by atoms with Gasteiger partial charge in [-0.05, 0) is 44.2 Å². The summed E-state index contributed by atoms with van der Waals surface area (Å²) in [5, 5.41) is 1.89. The molecule has 4 heterocycles. The predicted molar refractivity (Wildman–Crippen MR) is 107 cm³/mol. The molecule has 27 heavy (non-hydrogen) atoms. The number of piperidine rings is 1. The summed E-state index contributed by atoms with van der Waals surface area (Å²) < 4.78 is 0. The highest BCUT2D eigenvalue weighted by molar-refractivity contribution is 7.12. The normalized spacial score (nSPS) is 29.1. The Hall–Kier alpha value is -1.44. The summed E-state index contributed by atoms with van der Waals surface area (Å²) in [6, 6.07) is 5.86. The Morgan fingerprint density at radius 3 is 2.37 bits per heavy atom. The summed E-state index contributed by atoms with van der Waals surface area (Å²) in [5.41, 5.74) is 0. The van der Waals surface area contributed by atoms with Crippen LogP contribution in [-0.4, -0.2) is 96.4 Å². The van der Waals surface area contributed by atoms with E-state index >= 15 is 0 Å². The van der Waals surface area contributed by atoms with Gasteiger partial charge in [0.05, 0.1) is 11.4 Å². The van der Waals surface area contributed by atoms with Crippen molar-refractivity contribution in [1.29, 1.82) is 0 Å². The lowest BCUT2D eigenvalue weighted by molar-refractivity contribution is -0.134. The monoisotopic (exact) mass is 390 g/mol. The van der Waals surface area contributed by atoms with E-state index in [1.807, 2.05) is 22.4 Å². The molecule has 0 aliphatic carbocycles. The minimum absolute atomic E-state index is 0.0607. The Labute approximate surface area is 165 Å². The standard InChI is InChI=1S/C20H30N4O2S/c1-21(20(26)18-4-3-11-27-18)14-19(25)24-9-7-23(8-10-24)17-12-15-5-6-16(13-17)22(15)2/h3-4,11,15-17H,5-10,12-14H2,1-2H3. The molecule has 0 spiro atoms. The average Bonchev–Trinajstić information content (AvgIpc) is 3.26. The van der Waals surface area contributed by atoms with E-state index in [2.05, 4.69) is 16.8 Å². The van der Waals surface area contributed by atoms with Gasteiger partial charge >= 0.3 is 0 Å². The molecular formula is C20H30N4O2S. The van der Waals surface area contributed by atoms with E-state index in [1.165, 1.54) is 41.9 Å². The third kappa shape index (κ3) is 3.91. The van der Waals surface area contributed by atoms with Crippen LogP contribution in [0.1, 0.15) is 35.4 Å². The Morgan fingerprint density at radius 2 is 1.78 bits per heavy atom. The smallest absolute Gasteiger partial charge is 0.264 e. The first-order valence-corrected chi connectivity index (χ1v) is 10.9. The number of carbonyl (C=O) groups excluding carboxylic acids is 2. The molecule has 2 amide bonds. The second kappa shape index (κ2) is 7.89. The molecule has 2 bridgehead atoms. The molecule has 0 aromatic carbocycles. The van der Waals surface area contributed by atoms with E-state index < -0.39 is 0 Å². The largest absolute Gasteiger partial charge is 0.339 e. The summed E-state index contributed by atoms with van der Waals surface area (Å²) in [6.45, 7) is 3.64. The Kier molecular flexibility index (Phi) is 5.53. The van der Waals surface area contributed by atoms with E-state index in [-0.39, 0.29) is 18.4 Å². The minimum atomic E-state index is -0.0706. The molecule has 1 aromatic heterocycles. The van der Waals surface area contributed by atoms with Crippen molar-refractivity contribution in [3.63, 3.8) is 0 Å². The number of nitrogens with zero attached hydrogens (tertiary/aromatic N) is 4. The molecule has 0 radical (unpaired) electrons. The summed E-state index contributed by atoms with van der Waals surface area (Å²) in [5.74, 6) is -0.00992. The van der Waals surface area contributed by atoms with Gasteiger partial charge in [0, 0.05) is 51.4 Å². The molecule has 4 rings (SSSR count). The number of fused-ring (bicyclic) bond motifs is 2. The van der Waals surface area contributed by atoms with Crippen molar-refractivity contribution in [2.24, 2.45) is 0 Å². The van der Waals surface area contributed by atoms with Gasteiger partial charge in [0.15, 0.2) is 0 Å². The molecule has 0 saturated carbocycles. The van der Waals surface area contributed by atoms with Gasteiger partial charge in [0.25, 0.3) is 5.91 Å². The van der Waals surface area contributed by atoms with Crippen LogP contribution in [0.4, 0.5) is 0 Å². The number of likely N-dealkylation sites (N-methyl/N-ethyl adjacent to an activating group) is 1. The first-order chi connectivity index (χ1) is 13.0. The van der Waals surface area contributed by atoms with Crippen molar-refractivity contribution >= 4 is 23.2 Å². The van der Waals surface area contributed by atoms with Gasteiger partial charge in [-0.1, -0.05) is 6.07 Å². The minimum Gasteiger partial charge on any atom is -0.339 e. The van der Waals surface area contributed by atoms with E-state index in [1.54, 1.807) is 7.05 Å². The van der Waals surface area contributed by atoms with Crippen LogP contribution in [0.15, 0.2) is 17.5 Å². The molecule has 1 aromatic rings. The lowest BCUT2D eigenvalue weighted by Gasteiger charge is -2.45. The fraction of sp³-hybridized carbons (Fsp3) is 0.700. The maximum Gasteiger partial charge on any atom is 0.264 e. The summed E-state index contributed by atoms with van der Waals surface area (Å²) in [6.07, 6.45) is 5.25. The van der Waals surface area contributed by atoms with Gasteiger partial charge in [-0.2, -0.15) is 0 Å². The number of rotatable bonds is 4. The summed E-state index contributed by atoms with van der Waals surface area (Å²) in [7, 11) is 3.99.